The predicted molar refractivity (Wildman–Crippen MR) is 87.8 cm³/mol. The van der Waals surface area contributed by atoms with Gasteiger partial charge in [-0.15, -0.1) is 0 Å². The maximum atomic E-state index is 11.8. The van der Waals surface area contributed by atoms with Gasteiger partial charge in [-0.2, -0.15) is 0 Å². The Hall–Kier alpha value is -1.38. The van der Waals surface area contributed by atoms with E-state index in [0.29, 0.717) is 11.1 Å². The summed E-state index contributed by atoms with van der Waals surface area (Å²) < 4.78 is 0. The van der Waals surface area contributed by atoms with Gasteiger partial charge in [0.05, 0.1) is 21.1 Å². The zero-order chi connectivity index (χ0) is 15.0. The van der Waals surface area contributed by atoms with Crippen molar-refractivity contribution in [3.8, 4) is 0 Å². The maximum absolute atomic E-state index is 11.8. The molecule has 0 heterocycles. The second kappa shape index (κ2) is 16.5. The molecule has 0 unspecified atom stereocenters. The molecule has 0 saturated carbocycles. The minimum atomic E-state index is -0.466. The fourth-order valence-corrected chi connectivity index (χ4v) is 1.44. The smallest absolute Gasteiger partial charge is 0.870 e. The number of hydrogen-bond acceptors (Lipinski definition) is 4. The van der Waals surface area contributed by atoms with Gasteiger partial charge in [0.25, 0.3) is 0 Å². The van der Waals surface area contributed by atoms with E-state index in [1.807, 2.05) is 12.1 Å². The number of quaternary nitrogens is 1. The molecule has 0 aliphatic carbocycles. The summed E-state index contributed by atoms with van der Waals surface area (Å²) in [6.45, 7) is 0. The Kier molecular flexibility index (Phi) is 20.9. The summed E-state index contributed by atoms with van der Waals surface area (Å²) in [7, 11) is 6.25. The Morgan fingerprint density at radius 2 is 0.875 bits per heavy atom. The Balaban J connectivity index is -0.000000227. The number of rotatable bonds is 3. The average Bonchev–Trinajstić information content (AvgIpc) is 2.47. The molecule has 2 aromatic rings. The summed E-state index contributed by atoms with van der Waals surface area (Å²) in [5, 5.41) is 0. The second-order valence-corrected chi connectivity index (χ2v) is 4.89. The molecule has 0 aliphatic rings. The zero-order valence-electron chi connectivity index (χ0n) is 14.5. The first-order chi connectivity index (χ1) is 9.52. The van der Waals surface area contributed by atoms with Gasteiger partial charge in [0.1, 0.15) is 0 Å². The van der Waals surface area contributed by atoms with E-state index >= 15 is 0 Å². The third-order valence-electron chi connectivity index (χ3n) is 2.28. The molecule has 24 heavy (non-hydrogen) atoms. The van der Waals surface area contributed by atoms with Crippen molar-refractivity contribution in [2.45, 2.75) is 0 Å². The standard InChI is InChI=1S/C14H10O2.C3H9N.Na.3H2O/c15-13(11-7-3-1-4-8-11)14(16)12-9-5-2-6-10-12;1-4(2)3;;;;/h1-10H;1-3H3;;3*1H2/q;;+1;;;/p-1. The number of Topliss-reactive ketones (excluding diaryl/α,β-unsaturated/α-hetero) is 2. The molecule has 128 valence electrons. The van der Waals surface area contributed by atoms with Crippen LogP contribution in [-0.4, -0.2) is 49.1 Å². The normalized spacial score (nSPS) is 8.00. The Morgan fingerprint density at radius 3 is 1.08 bits per heavy atom. The van der Waals surface area contributed by atoms with Gasteiger partial charge in [0.15, 0.2) is 0 Å². The molecule has 0 aromatic heterocycles. The fourth-order valence-electron chi connectivity index (χ4n) is 1.44. The predicted octanol–water partition coefficient (Wildman–Crippen LogP) is -2.66. The van der Waals surface area contributed by atoms with Crippen molar-refractivity contribution in [3.63, 3.8) is 0 Å². The number of ketones is 2. The number of benzene rings is 2. The molecule has 0 spiro atoms. The molecule has 0 amide bonds. The van der Waals surface area contributed by atoms with Crippen LogP contribution in [0.2, 0.25) is 0 Å². The van der Waals surface area contributed by atoms with E-state index in [2.05, 4.69) is 21.1 Å². The molecule has 0 fully saturated rings. The van der Waals surface area contributed by atoms with Crippen LogP contribution in [0.5, 0.6) is 0 Å². The van der Waals surface area contributed by atoms with Crippen molar-refractivity contribution in [2.75, 3.05) is 21.1 Å². The molecule has 0 aliphatic heterocycles. The van der Waals surface area contributed by atoms with Crippen LogP contribution in [0.4, 0.5) is 0 Å². The van der Waals surface area contributed by atoms with Crippen molar-refractivity contribution in [1.29, 1.82) is 0 Å². The summed E-state index contributed by atoms with van der Waals surface area (Å²) in [4.78, 5) is 25.0. The first-order valence-corrected chi connectivity index (χ1v) is 6.48. The van der Waals surface area contributed by atoms with Gasteiger partial charge in [-0.3, -0.25) is 9.59 Å². The SMILES string of the molecule is C[NH+](C)C.O.O=C(C(=O)c1ccccc1)c1ccccc1.[Na+].[OH-].[OH-]. The van der Waals surface area contributed by atoms with E-state index in [9.17, 15) is 9.59 Å². The van der Waals surface area contributed by atoms with Gasteiger partial charge in [-0.05, 0) is 0 Å². The molecule has 0 saturated heterocycles. The van der Waals surface area contributed by atoms with Gasteiger partial charge in [0.2, 0.25) is 11.6 Å². The van der Waals surface area contributed by atoms with Crippen molar-refractivity contribution >= 4 is 11.6 Å². The monoisotopic (exact) mass is 345 g/mol. The van der Waals surface area contributed by atoms with Gasteiger partial charge in [-0.25, -0.2) is 0 Å². The van der Waals surface area contributed by atoms with Crippen LogP contribution in [0.25, 0.3) is 0 Å². The molecule has 2 aromatic carbocycles. The summed E-state index contributed by atoms with van der Waals surface area (Å²) in [6, 6.07) is 17.2. The summed E-state index contributed by atoms with van der Waals surface area (Å²) >= 11 is 0. The Bertz CT molecular complexity index is 509. The third-order valence-corrected chi connectivity index (χ3v) is 2.28. The average molecular weight is 345 g/mol. The Labute approximate surface area is 164 Å². The number of hydrogen-bond donors (Lipinski definition) is 1. The van der Waals surface area contributed by atoms with Gasteiger partial charge < -0.3 is 21.3 Å². The van der Waals surface area contributed by atoms with Crippen LogP contribution in [0.1, 0.15) is 20.7 Å². The minimum Gasteiger partial charge on any atom is -0.870 e. The summed E-state index contributed by atoms with van der Waals surface area (Å²) in [5.74, 6) is -0.932. The fraction of sp³-hybridized carbons (Fsp3) is 0.176. The second-order valence-electron chi connectivity index (χ2n) is 4.89. The number of carbonyl (C=O) groups excluding carboxylic acids is 2. The molecule has 5 N–H and O–H groups in total. The molecule has 7 heteroatoms. The van der Waals surface area contributed by atoms with Crippen molar-refractivity contribution in [2.24, 2.45) is 0 Å². The van der Waals surface area contributed by atoms with Crippen LogP contribution in [0.3, 0.4) is 0 Å². The van der Waals surface area contributed by atoms with E-state index < -0.39 is 11.6 Å². The molecule has 0 radical (unpaired) electrons. The van der Waals surface area contributed by atoms with Crippen LogP contribution < -0.4 is 34.5 Å². The summed E-state index contributed by atoms with van der Waals surface area (Å²) in [5.41, 5.74) is 0.854. The molecule has 0 atom stereocenters. The van der Waals surface area contributed by atoms with E-state index in [1.54, 1.807) is 48.5 Å². The Morgan fingerprint density at radius 1 is 0.667 bits per heavy atom. The van der Waals surface area contributed by atoms with Gasteiger partial charge >= 0.3 is 29.6 Å². The maximum Gasteiger partial charge on any atom is 1.00 e. The summed E-state index contributed by atoms with van der Waals surface area (Å²) in [6.07, 6.45) is 0. The van der Waals surface area contributed by atoms with E-state index in [1.165, 1.54) is 4.90 Å². The van der Waals surface area contributed by atoms with Gasteiger partial charge in [0, 0.05) is 11.1 Å². The molecular weight excluding hydrogens is 321 g/mol. The van der Waals surface area contributed by atoms with Crippen LogP contribution in [0.15, 0.2) is 60.7 Å². The van der Waals surface area contributed by atoms with E-state index in [0.717, 1.165) is 0 Å². The van der Waals surface area contributed by atoms with Crippen molar-refractivity contribution in [1.82, 2.24) is 0 Å². The van der Waals surface area contributed by atoms with Crippen LogP contribution in [-0.2, 0) is 0 Å². The topological polar surface area (TPSA) is 130 Å². The quantitative estimate of drug-likeness (QED) is 0.369. The van der Waals surface area contributed by atoms with Gasteiger partial charge in [-0.1, -0.05) is 60.7 Å². The number of nitrogens with one attached hydrogen (secondary N) is 1. The first-order valence-electron chi connectivity index (χ1n) is 6.48. The van der Waals surface area contributed by atoms with Crippen LogP contribution in [0, 0.1) is 0 Å². The van der Waals surface area contributed by atoms with Crippen molar-refractivity contribution in [3.05, 3.63) is 71.8 Å². The van der Waals surface area contributed by atoms with Crippen LogP contribution >= 0.6 is 0 Å². The molecular formula is C17H24NNaO5. The van der Waals surface area contributed by atoms with E-state index in [4.69, 9.17) is 0 Å². The molecule has 0 bridgehead atoms. The zero-order valence-corrected chi connectivity index (χ0v) is 16.5. The minimum absolute atomic E-state index is 0. The third kappa shape index (κ3) is 11.2. The van der Waals surface area contributed by atoms with Crippen molar-refractivity contribution < 1.29 is 60.5 Å². The van der Waals surface area contributed by atoms with E-state index in [-0.39, 0.29) is 46.0 Å². The molecule has 6 nitrogen and oxygen atoms in total. The largest absolute Gasteiger partial charge is 1.00 e. The number of carbonyl (C=O) groups is 2. The molecule has 2 rings (SSSR count). The first kappa shape index (κ1) is 30.5.